The first-order valence-corrected chi connectivity index (χ1v) is 5.92. The summed E-state index contributed by atoms with van der Waals surface area (Å²) in [7, 11) is 0. The minimum atomic E-state index is -4.29. The van der Waals surface area contributed by atoms with Crippen molar-refractivity contribution in [3.05, 3.63) is 34.9 Å². The minimum Gasteiger partial charge on any atom is -0.384 e. The lowest BCUT2D eigenvalue weighted by Crippen LogP contribution is -2.41. The second-order valence-corrected chi connectivity index (χ2v) is 4.25. The van der Waals surface area contributed by atoms with E-state index >= 15 is 0 Å². The van der Waals surface area contributed by atoms with E-state index < -0.39 is 31.4 Å². The Morgan fingerprint density at radius 3 is 2.67 bits per heavy atom. The van der Waals surface area contributed by atoms with Crippen LogP contribution in [0.4, 0.5) is 17.6 Å². The average molecular weight is 303 g/mol. The molecule has 1 rings (SSSR count). The van der Waals surface area contributed by atoms with Crippen LogP contribution in [-0.4, -0.2) is 36.5 Å². The van der Waals surface area contributed by atoms with Gasteiger partial charge in [-0.3, -0.25) is 4.79 Å². The normalized spacial score (nSPS) is 11.0. The fraction of sp³-hybridized carbons (Fsp3) is 0.357. The number of hydrogen-bond acceptors (Lipinski definition) is 2. The van der Waals surface area contributed by atoms with Gasteiger partial charge < -0.3 is 10.4 Å². The third-order valence-electron chi connectivity index (χ3n) is 2.53. The summed E-state index contributed by atoms with van der Waals surface area (Å²) in [4.78, 5) is 11.8. The van der Waals surface area contributed by atoms with Crippen molar-refractivity contribution in [3.63, 3.8) is 0 Å². The molecule has 0 saturated carbocycles. The van der Waals surface area contributed by atoms with E-state index in [1.54, 1.807) is 18.3 Å². The first kappa shape index (κ1) is 17.0. The van der Waals surface area contributed by atoms with Gasteiger partial charge in [0, 0.05) is 5.56 Å². The molecule has 0 heterocycles. The second kappa shape index (κ2) is 7.09. The van der Waals surface area contributed by atoms with Crippen LogP contribution >= 0.6 is 0 Å². The van der Waals surface area contributed by atoms with E-state index in [0.717, 1.165) is 5.56 Å². The summed E-state index contributed by atoms with van der Waals surface area (Å²) in [5, 5.41) is 10.4. The van der Waals surface area contributed by atoms with Crippen LogP contribution in [0.3, 0.4) is 0 Å². The van der Waals surface area contributed by atoms with Gasteiger partial charge in [0.05, 0.1) is 12.1 Å². The molecule has 0 radical (unpaired) electrons. The van der Waals surface area contributed by atoms with Crippen molar-refractivity contribution in [1.82, 2.24) is 5.32 Å². The Hall–Kier alpha value is -2.07. The molecule has 7 heteroatoms. The predicted molar refractivity (Wildman–Crippen MR) is 68.4 cm³/mol. The van der Waals surface area contributed by atoms with Crippen LogP contribution < -0.4 is 5.32 Å². The molecule has 0 aromatic heterocycles. The van der Waals surface area contributed by atoms with Crippen LogP contribution in [0.25, 0.3) is 0 Å². The SMILES string of the molecule is Cc1ccc(C(=O)NCC(F)(F)C(F)F)c(C#CCO)c1. The van der Waals surface area contributed by atoms with Crippen LogP contribution in [0, 0.1) is 18.8 Å². The Labute approximate surface area is 119 Å². The zero-order chi connectivity index (χ0) is 16.0. The molecule has 0 bridgehead atoms. The van der Waals surface area contributed by atoms with Gasteiger partial charge in [-0.05, 0) is 24.6 Å². The highest BCUT2D eigenvalue weighted by Crippen LogP contribution is 2.21. The molecule has 0 atom stereocenters. The number of carbonyl (C=O) groups excluding carboxylic acids is 1. The summed E-state index contributed by atoms with van der Waals surface area (Å²) in [6, 6.07) is 4.44. The van der Waals surface area contributed by atoms with Gasteiger partial charge in [-0.1, -0.05) is 17.9 Å². The fourth-order valence-corrected chi connectivity index (χ4v) is 1.46. The van der Waals surface area contributed by atoms with Gasteiger partial charge in [0.15, 0.2) is 0 Å². The van der Waals surface area contributed by atoms with Gasteiger partial charge in [-0.2, -0.15) is 8.78 Å². The first-order chi connectivity index (χ1) is 9.77. The Morgan fingerprint density at radius 1 is 1.43 bits per heavy atom. The standard InChI is InChI=1S/C14H13F4NO2/c1-9-4-5-11(10(7-9)3-2-6-20)12(21)19-8-14(17,18)13(15)16/h4-5,7,13,20H,6,8H2,1H3,(H,19,21). The van der Waals surface area contributed by atoms with Crippen molar-refractivity contribution in [3.8, 4) is 11.8 Å². The highest BCUT2D eigenvalue weighted by Gasteiger charge is 2.40. The fourth-order valence-electron chi connectivity index (χ4n) is 1.46. The molecule has 1 aromatic carbocycles. The Bertz CT molecular complexity index is 576. The van der Waals surface area contributed by atoms with Crippen LogP contribution in [0.5, 0.6) is 0 Å². The number of carbonyl (C=O) groups is 1. The van der Waals surface area contributed by atoms with Gasteiger partial charge in [0.1, 0.15) is 6.61 Å². The molecule has 21 heavy (non-hydrogen) atoms. The molecule has 0 unspecified atom stereocenters. The van der Waals surface area contributed by atoms with Crippen molar-refractivity contribution in [2.24, 2.45) is 0 Å². The Balaban J connectivity index is 2.93. The molecule has 114 valence electrons. The summed E-state index contributed by atoms with van der Waals surface area (Å²) in [5.41, 5.74) is 0.972. The highest BCUT2D eigenvalue weighted by atomic mass is 19.3. The van der Waals surface area contributed by atoms with E-state index in [2.05, 4.69) is 11.8 Å². The van der Waals surface area contributed by atoms with Gasteiger partial charge in [-0.15, -0.1) is 0 Å². The molecule has 1 amide bonds. The van der Waals surface area contributed by atoms with Crippen molar-refractivity contribution in [2.45, 2.75) is 19.3 Å². The maximum Gasteiger partial charge on any atom is 0.324 e. The number of aliphatic hydroxyl groups excluding tert-OH is 1. The molecule has 0 saturated heterocycles. The van der Waals surface area contributed by atoms with E-state index in [0.29, 0.717) is 0 Å². The molecular formula is C14H13F4NO2. The minimum absolute atomic E-state index is 0.0217. The van der Waals surface area contributed by atoms with E-state index in [1.165, 1.54) is 12.1 Å². The van der Waals surface area contributed by atoms with Gasteiger partial charge >= 0.3 is 12.3 Å². The van der Waals surface area contributed by atoms with Crippen LogP contribution in [0.15, 0.2) is 18.2 Å². The quantitative estimate of drug-likeness (QED) is 0.660. The molecule has 2 N–H and O–H groups in total. The van der Waals surface area contributed by atoms with E-state index in [-0.39, 0.29) is 11.1 Å². The van der Waals surface area contributed by atoms with Crippen LogP contribution in [-0.2, 0) is 0 Å². The summed E-state index contributed by atoms with van der Waals surface area (Å²) in [6.07, 6.45) is -3.86. The molecule has 0 spiro atoms. The molecular weight excluding hydrogens is 290 g/mol. The smallest absolute Gasteiger partial charge is 0.324 e. The van der Waals surface area contributed by atoms with Crippen LogP contribution in [0.2, 0.25) is 0 Å². The van der Waals surface area contributed by atoms with E-state index in [9.17, 15) is 22.4 Å². The average Bonchev–Trinajstić information content (AvgIpc) is 2.42. The van der Waals surface area contributed by atoms with Crippen molar-refractivity contribution < 1.29 is 27.5 Å². The molecule has 0 aliphatic carbocycles. The number of hydrogen-bond donors (Lipinski definition) is 2. The number of halogens is 4. The van der Waals surface area contributed by atoms with E-state index in [1.807, 2.05) is 0 Å². The lowest BCUT2D eigenvalue weighted by molar-refractivity contribution is -0.123. The summed E-state index contributed by atoms with van der Waals surface area (Å²) < 4.78 is 49.6. The van der Waals surface area contributed by atoms with Crippen molar-refractivity contribution in [2.75, 3.05) is 13.2 Å². The molecule has 0 aliphatic rings. The highest BCUT2D eigenvalue weighted by molar-refractivity contribution is 5.96. The largest absolute Gasteiger partial charge is 0.384 e. The van der Waals surface area contributed by atoms with Crippen LogP contribution in [0.1, 0.15) is 21.5 Å². The van der Waals surface area contributed by atoms with Gasteiger partial charge in [0.2, 0.25) is 0 Å². The number of rotatable bonds is 4. The Kier molecular flexibility index (Phi) is 5.73. The maximum absolute atomic E-state index is 12.8. The summed E-state index contributed by atoms with van der Waals surface area (Å²) in [6.45, 7) is -0.167. The third-order valence-corrected chi connectivity index (χ3v) is 2.53. The third kappa shape index (κ3) is 4.76. The predicted octanol–water partition coefficient (Wildman–Crippen LogP) is 1.97. The molecule has 0 fully saturated rings. The van der Waals surface area contributed by atoms with Gasteiger partial charge in [0.25, 0.3) is 5.91 Å². The maximum atomic E-state index is 12.8. The Morgan fingerprint density at radius 2 is 2.10 bits per heavy atom. The molecule has 0 aliphatic heterocycles. The number of nitrogens with one attached hydrogen (secondary N) is 1. The topological polar surface area (TPSA) is 49.3 Å². The second-order valence-electron chi connectivity index (χ2n) is 4.25. The summed E-state index contributed by atoms with van der Waals surface area (Å²) in [5.74, 6) is -0.384. The summed E-state index contributed by atoms with van der Waals surface area (Å²) >= 11 is 0. The lowest BCUT2D eigenvalue weighted by Gasteiger charge is -2.16. The lowest BCUT2D eigenvalue weighted by atomic mass is 10.0. The zero-order valence-corrected chi connectivity index (χ0v) is 11.1. The number of benzene rings is 1. The zero-order valence-electron chi connectivity index (χ0n) is 11.1. The number of aryl methyl sites for hydroxylation is 1. The monoisotopic (exact) mass is 303 g/mol. The molecule has 3 nitrogen and oxygen atoms in total. The number of alkyl halides is 4. The number of aliphatic hydroxyl groups is 1. The molecule has 1 aromatic rings. The van der Waals surface area contributed by atoms with Crippen molar-refractivity contribution in [1.29, 1.82) is 0 Å². The first-order valence-electron chi connectivity index (χ1n) is 5.92. The van der Waals surface area contributed by atoms with Crippen molar-refractivity contribution >= 4 is 5.91 Å². The van der Waals surface area contributed by atoms with E-state index in [4.69, 9.17) is 5.11 Å². The number of amides is 1. The van der Waals surface area contributed by atoms with Gasteiger partial charge in [-0.25, -0.2) is 8.78 Å².